The van der Waals surface area contributed by atoms with E-state index in [-0.39, 0.29) is 5.56 Å². The summed E-state index contributed by atoms with van der Waals surface area (Å²) < 4.78 is 5.66. The predicted molar refractivity (Wildman–Crippen MR) is 98.1 cm³/mol. The number of aromatic nitrogens is 2. The number of carboxylic acids is 1. The Morgan fingerprint density at radius 1 is 1.00 bits per heavy atom. The number of hydrogen-bond acceptors (Lipinski definition) is 5. The fraction of sp³-hybridized carbons (Fsp3) is 0.211. The van der Waals surface area contributed by atoms with Crippen molar-refractivity contribution in [2.75, 3.05) is 6.61 Å². The molecule has 1 heterocycles. The Labute approximate surface area is 149 Å². The van der Waals surface area contributed by atoms with Gasteiger partial charge < -0.3 is 9.84 Å². The summed E-state index contributed by atoms with van der Waals surface area (Å²) in [4.78, 5) is 10.9. The number of carboxylic acid groups (broad SMARTS) is 1. The van der Waals surface area contributed by atoms with Crippen molar-refractivity contribution in [1.82, 2.24) is 10.2 Å². The third-order valence-electron chi connectivity index (χ3n) is 3.67. The molecule has 1 aromatic heterocycles. The van der Waals surface area contributed by atoms with E-state index >= 15 is 0 Å². The van der Waals surface area contributed by atoms with Crippen molar-refractivity contribution in [2.24, 2.45) is 0 Å². The van der Waals surface area contributed by atoms with Crippen molar-refractivity contribution < 1.29 is 14.6 Å². The fourth-order valence-corrected chi connectivity index (χ4v) is 3.09. The van der Waals surface area contributed by atoms with Crippen molar-refractivity contribution in [1.29, 1.82) is 0 Å². The molecule has 0 aliphatic rings. The minimum atomic E-state index is -0.939. The van der Waals surface area contributed by atoms with Gasteiger partial charge in [-0.3, -0.25) is 0 Å². The Morgan fingerprint density at radius 3 is 2.08 bits per heavy atom. The Hall–Kier alpha value is -2.73. The number of benzene rings is 2. The first-order valence-electron chi connectivity index (χ1n) is 8.08. The summed E-state index contributed by atoms with van der Waals surface area (Å²) in [5.41, 5.74) is 2.09. The molecule has 3 aromatic rings. The van der Waals surface area contributed by atoms with Crippen LogP contribution in [0.3, 0.4) is 0 Å². The van der Waals surface area contributed by atoms with Gasteiger partial charge in [-0.15, -0.1) is 10.2 Å². The topological polar surface area (TPSA) is 72.3 Å². The summed E-state index contributed by atoms with van der Waals surface area (Å²) in [5, 5.41) is 19.0. The van der Waals surface area contributed by atoms with E-state index in [1.807, 2.05) is 24.3 Å². The van der Waals surface area contributed by atoms with Gasteiger partial charge in [0.15, 0.2) is 0 Å². The summed E-state index contributed by atoms with van der Waals surface area (Å²) in [6.45, 7) is 2.86. The van der Waals surface area contributed by atoms with Crippen LogP contribution in [0, 0.1) is 0 Å². The average molecular weight is 354 g/mol. The maximum atomic E-state index is 10.9. The highest BCUT2D eigenvalue weighted by atomic mass is 32.1. The SMILES string of the molecule is CCCCOc1ccc(-c2nnc(-c3ccc(C(=O)O)cc3)s2)cc1. The van der Waals surface area contributed by atoms with E-state index in [1.165, 1.54) is 11.3 Å². The maximum Gasteiger partial charge on any atom is 0.335 e. The molecule has 0 saturated heterocycles. The third-order valence-corrected chi connectivity index (χ3v) is 4.69. The molecule has 0 spiro atoms. The fourth-order valence-electron chi connectivity index (χ4n) is 2.24. The number of aromatic carboxylic acids is 1. The maximum absolute atomic E-state index is 10.9. The first-order chi connectivity index (χ1) is 12.2. The van der Waals surface area contributed by atoms with Crippen molar-refractivity contribution in [2.45, 2.75) is 19.8 Å². The van der Waals surface area contributed by atoms with Gasteiger partial charge in [-0.25, -0.2) is 4.79 Å². The van der Waals surface area contributed by atoms with Gasteiger partial charge >= 0.3 is 5.97 Å². The molecular weight excluding hydrogens is 336 g/mol. The van der Waals surface area contributed by atoms with Crippen LogP contribution in [0.5, 0.6) is 5.75 Å². The molecular formula is C19H18N2O3S. The van der Waals surface area contributed by atoms with Gasteiger partial charge in [-0.1, -0.05) is 36.8 Å². The molecule has 0 radical (unpaired) electrons. The second-order valence-corrected chi connectivity index (χ2v) is 6.50. The van der Waals surface area contributed by atoms with Crippen LogP contribution in [0.25, 0.3) is 21.1 Å². The van der Waals surface area contributed by atoms with Crippen LogP contribution in [-0.2, 0) is 0 Å². The summed E-state index contributed by atoms with van der Waals surface area (Å²) in [6, 6.07) is 14.5. The zero-order chi connectivity index (χ0) is 17.6. The van der Waals surface area contributed by atoms with Gasteiger partial charge in [0, 0.05) is 11.1 Å². The van der Waals surface area contributed by atoms with Crippen LogP contribution in [0.15, 0.2) is 48.5 Å². The van der Waals surface area contributed by atoms with E-state index in [0.717, 1.165) is 46.3 Å². The van der Waals surface area contributed by atoms with E-state index in [4.69, 9.17) is 9.84 Å². The van der Waals surface area contributed by atoms with E-state index in [2.05, 4.69) is 17.1 Å². The Bertz CT molecular complexity index is 842. The van der Waals surface area contributed by atoms with Gasteiger partial charge in [0.25, 0.3) is 0 Å². The highest BCUT2D eigenvalue weighted by Gasteiger charge is 2.10. The standard InChI is InChI=1S/C19H18N2O3S/c1-2-3-12-24-16-10-8-14(9-11-16)18-21-20-17(25-18)13-4-6-15(7-5-13)19(22)23/h4-11H,2-3,12H2,1H3,(H,22,23). The zero-order valence-corrected chi connectivity index (χ0v) is 14.6. The average Bonchev–Trinajstić information content (AvgIpc) is 3.13. The number of nitrogens with zero attached hydrogens (tertiary/aromatic N) is 2. The predicted octanol–water partition coefficient (Wildman–Crippen LogP) is 4.75. The molecule has 25 heavy (non-hydrogen) atoms. The molecule has 0 bridgehead atoms. The highest BCUT2D eigenvalue weighted by Crippen LogP contribution is 2.30. The Morgan fingerprint density at radius 2 is 1.56 bits per heavy atom. The molecule has 0 fully saturated rings. The minimum absolute atomic E-state index is 0.257. The van der Waals surface area contributed by atoms with E-state index in [1.54, 1.807) is 24.3 Å². The first kappa shape index (κ1) is 17.1. The van der Waals surface area contributed by atoms with Crippen LogP contribution in [0.1, 0.15) is 30.1 Å². The molecule has 128 valence electrons. The Balaban J connectivity index is 1.73. The first-order valence-corrected chi connectivity index (χ1v) is 8.89. The van der Waals surface area contributed by atoms with Crippen LogP contribution in [-0.4, -0.2) is 27.9 Å². The number of unbranched alkanes of at least 4 members (excludes halogenated alkanes) is 1. The van der Waals surface area contributed by atoms with Crippen molar-refractivity contribution in [3.63, 3.8) is 0 Å². The lowest BCUT2D eigenvalue weighted by atomic mass is 10.1. The van der Waals surface area contributed by atoms with Gasteiger partial charge in [-0.2, -0.15) is 0 Å². The zero-order valence-electron chi connectivity index (χ0n) is 13.8. The molecule has 0 amide bonds. The van der Waals surface area contributed by atoms with Gasteiger partial charge in [0.2, 0.25) is 0 Å². The molecule has 5 nitrogen and oxygen atoms in total. The van der Waals surface area contributed by atoms with Crippen molar-refractivity contribution >= 4 is 17.3 Å². The van der Waals surface area contributed by atoms with Gasteiger partial charge in [-0.05, 0) is 42.8 Å². The quantitative estimate of drug-likeness (QED) is 0.620. The van der Waals surface area contributed by atoms with E-state index < -0.39 is 5.97 Å². The molecule has 0 unspecified atom stereocenters. The third kappa shape index (κ3) is 4.22. The molecule has 1 N–H and O–H groups in total. The van der Waals surface area contributed by atoms with E-state index in [9.17, 15) is 4.79 Å². The molecule has 0 aliphatic heterocycles. The molecule has 0 aliphatic carbocycles. The lowest BCUT2D eigenvalue weighted by Gasteiger charge is -2.05. The number of carbonyl (C=O) groups is 1. The Kier molecular flexibility index (Phi) is 5.40. The summed E-state index contributed by atoms with van der Waals surface area (Å²) in [5.74, 6) is -0.0862. The van der Waals surface area contributed by atoms with Crippen LogP contribution in [0.2, 0.25) is 0 Å². The lowest BCUT2D eigenvalue weighted by Crippen LogP contribution is -1.95. The van der Waals surface area contributed by atoms with Crippen molar-refractivity contribution in [3.05, 3.63) is 54.1 Å². The number of hydrogen-bond donors (Lipinski definition) is 1. The largest absolute Gasteiger partial charge is 0.494 e. The van der Waals surface area contributed by atoms with Crippen LogP contribution < -0.4 is 4.74 Å². The summed E-state index contributed by atoms with van der Waals surface area (Å²) in [6.07, 6.45) is 2.15. The molecule has 6 heteroatoms. The minimum Gasteiger partial charge on any atom is -0.494 e. The van der Waals surface area contributed by atoms with Crippen molar-refractivity contribution in [3.8, 4) is 26.9 Å². The smallest absolute Gasteiger partial charge is 0.335 e. The number of ether oxygens (including phenoxy) is 1. The van der Waals surface area contributed by atoms with E-state index in [0.29, 0.717) is 0 Å². The second-order valence-electron chi connectivity index (χ2n) is 5.52. The van der Waals surface area contributed by atoms with Crippen LogP contribution in [0.4, 0.5) is 0 Å². The summed E-state index contributed by atoms with van der Waals surface area (Å²) in [7, 11) is 0. The normalized spacial score (nSPS) is 10.6. The monoisotopic (exact) mass is 354 g/mol. The molecule has 0 saturated carbocycles. The molecule has 3 rings (SSSR count). The lowest BCUT2D eigenvalue weighted by molar-refractivity contribution is 0.0697. The second kappa shape index (κ2) is 7.90. The van der Waals surface area contributed by atoms with Crippen LogP contribution >= 0.6 is 11.3 Å². The number of rotatable bonds is 7. The summed E-state index contributed by atoms with van der Waals surface area (Å²) >= 11 is 1.47. The van der Waals surface area contributed by atoms with Gasteiger partial charge in [0.05, 0.1) is 12.2 Å². The van der Waals surface area contributed by atoms with Gasteiger partial charge in [0.1, 0.15) is 15.8 Å². The highest BCUT2D eigenvalue weighted by molar-refractivity contribution is 7.17. The molecule has 0 atom stereocenters. The molecule has 2 aromatic carbocycles.